The lowest BCUT2D eigenvalue weighted by atomic mass is 10.3. The minimum absolute atomic E-state index is 0.626. The van der Waals surface area contributed by atoms with Gasteiger partial charge in [0.2, 0.25) is 0 Å². The second-order valence-electron chi connectivity index (χ2n) is 5.21. The van der Waals surface area contributed by atoms with E-state index < -0.39 is 0 Å². The summed E-state index contributed by atoms with van der Waals surface area (Å²) in [6.07, 6.45) is 5.87. The van der Waals surface area contributed by atoms with E-state index in [4.69, 9.17) is 9.47 Å². The van der Waals surface area contributed by atoms with E-state index in [1.165, 1.54) is 19.3 Å². The van der Waals surface area contributed by atoms with Crippen molar-refractivity contribution in [3.05, 3.63) is 0 Å². The molecule has 0 rings (SSSR count). The molecule has 18 heavy (non-hydrogen) atoms. The molecule has 110 valence electrons. The van der Waals surface area contributed by atoms with Gasteiger partial charge in [-0.1, -0.05) is 19.8 Å². The smallest absolute Gasteiger partial charge is 0.0487 e. The number of unbranched alkanes of at least 4 members (excludes halogenated alkanes) is 2. The van der Waals surface area contributed by atoms with Crippen LogP contribution in [0.3, 0.4) is 0 Å². The van der Waals surface area contributed by atoms with Gasteiger partial charge in [-0.25, -0.2) is 0 Å². The third-order valence-corrected chi connectivity index (χ3v) is 3.15. The summed E-state index contributed by atoms with van der Waals surface area (Å²) in [6, 6.07) is 0.626. The molecule has 0 aliphatic carbocycles. The van der Waals surface area contributed by atoms with Crippen LogP contribution in [-0.4, -0.2) is 51.0 Å². The van der Waals surface area contributed by atoms with Crippen LogP contribution in [0.5, 0.6) is 0 Å². The van der Waals surface area contributed by atoms with E-state index in [0.29, 0.717) is 6.04 Å². The van der Waals surface area contributed by atoms with Crippen LogP contribution < -0.4 is 0 Å². The van der Waals surface area contributed by atoms with Crippen molar-refractivity contribution in [2.24, 2.45) is 0 Å². The van der Waals surface area contributed by atoms with E-state index in [9.17, 15) is 0 Å². The first-order valence-corrected chi connectivity index (χ1v) is 7.54. The Labute approximate surface area is 114 Å². The molecule has 0 aliphatic rings. The zero-order valence-corrected chi connectivity index (χ0v) is 12.9. The van der Waals surface area contributed by atoms with Crippen molar-refractivity contribution in [2.75, 3.05) is 40.0 Å². The lowest BCUT2D eigenvalue weighted by molar-refractivity contribution is 0.0767. The molecule has 0 aliphatic heterocycles. The van der Waals surface area contributed by atoms with Gasteiger partial charge in [-0.2, -0.15) is 0 Å². The summed E-state index contributed by atoms with van der Waals surface area (Å²) in [5.74, 6) is 0. The van der Waals surface area contributed by atoms with Gasteiger partial charge in [-0.05, 0) is 40.2 Å². The second kappa shape index (κ2) is 13.3. The standard InChI is InChI=1S/C15H33NO2/c1-5-6-7-11-17-13-9-14-18-12-8-10-16(4)15(2)3/h15H,5-14H2,1-4H3. The van der Waals surface area contributed by atoms with Gasteiger partial charge in [0.05, 0.1) is 0 Å². The minimum atomic E-state index is 0.626. The van der Waals surface area contributed by atoms with Crippen molar-refractivity contribution >= 4 is 0 Å². The van der Waals surface area contributed by atoms with E-state index in [1.54, 1.807) is 0 Å². The summed E-state index contributed by atoms with van der Waals surface area (Å²) >= 11 is 0. The Balaban J connectivity index is 3.03. The van der Waals surface area contributed by atoms with Crippen molar-refractivity contribution in [3.63, 3.8) is 0 Å². The fraction of sp³-hybridized carbons (Fsp3) is 1.00. The summed E-state index contributed by atoms with van der Waals surface area (Å²) in [7, 11) is 2.16. The third kappa shape index (κ3) is 12.3. The molecule has 0 saturated carbocycles. The lowest BCUT2D eigenvalue weighted by Crippen LogP contribution is -2.27. The number of rotatable bonds is 13. The molecule has 0 bridgehead atoms. The molecule has 0 heterocycles. The zero-order valence-electron chi connectivity index (χ0n) is 12.9. The Morgan fingerprint density at radius 2 is 1.39 bits per heavy atom. The molecule has 3 heteroatoms. The van der Waals surface area contributed by atoms with Crippen LogP contribution in [0.25, 0.3) is 0 Å². The largest absolute Gasteiger partial charge is 0.381 e. The maximum Gasteiger partial charge on any atom is 0.0487 e. The monoisotopic (exact) mass is 259 g/mol. The second-order valence-corrected chi connectivity index (χ2v) is 5.21. The quantitative estimate of drug-likeness (QED) is 0.474. The first-order valence-electron chi connectivity index (χ1n) is 7.54. The highest BCUT2D eigenvalue weighted by atomic mass is 16.5. The molecule has 0 spiro atoms. The van der Waals surface area contributed by atoms with Crippen molar-refractivity contribution in [1.82, 2.24) is 4.90 Å². The van der Waals surface area contributed by atoms with E-state index in [0.717, 1.165) is 45.8 Å². The van der Waals surface area contributed by atoms with E-state index in [-0.39, 0.29) is 0 Å². The van der Waals surface area contributed by atoms with Crippen LogP contribution in [-0.2, 0) is 9.47 Å². The Morgan fingerprint density at radius 3 is 1.94 bits per heavy atom. The van der Waals surface area contributed by atoms with Crippen LogP contribution in [0, 0.1) is 0 Å². The number of ether oxygens (including phenoxy) is 2. The number of nitrogens with zero attached hydrogens (tertiary/aromatic N) is 1. The maximum absolute atomic E-state index is 5.58. The summed E-state index contributed by atoms with van der Waals surface area (Å²) < 4.78 is 11.1. The fourth-order valence-corrected chi connectivity index (χ4v) is 1.60. The van der Waals surface area contributed by atoms with Crippen molar-refractivity contribution in [3.8, 4) is 0 Å². The fourth-order valence-electron chi connectivity index (χ4n) is 1.60. The molecule has 0 aromatic heterocycles. The molecule has 0 amide bonds. The van der Waals surface area contributed by atoms with Gasteiger partial charge in [-0.15, -0.1) is 0 Å². The predicted molar refractivity (Wildman–Crippen MR) is 78.2 cm³/mol. The van der Waals surface area contributed by atoms with Gasteiger partial charge in [0.25, 0.3) is 0 Å². The van der Waals surface area contributed by atoms with Crippen LogP contribution in [0.1, 0.15) is 52.9 Å². The van der Waals surface area contributed by atoms with Gasteiger partial charge in [-0.3, -0.25) is 0 Å². The molecule has 0 atom stereocenters. The highest BCUT2D eigenvalue weighted by Crippen LogP contribution is 1.97. The van der Waals surface area contributed by atoms with Gasteiger partial charge in [0, 0.05) is 39.0 Å². The molecule has 0 N–H and O–H groups in total. The van der Waals surface area contributed by atoms with Crippen molar-refractivity contribution < 1.29 is 9.47 Å². The van der Waals surface area contributed by atoms with Crippen LogP contribution >= 0.6 is 0 Å². The Hall–Kier alpha value is -0.120. The topological polar surface area (TPSA) is 21.7 Å². The first-order chi connectivity index (χ1) is 8.68. The van der Waals surface area contributed by atoms with Gasteiger partial charge in [0.1, 0.15) is 0 Å². The molecule has 0 radical (unpaired) electrons. The summed E-state index contributed by atoms with van der Waals surface area (Å²) in [5, 5.41) is 0. The maximum atomic E-state index is 5.58. The van der Waals surface area contributed by atoms with Crippen LogP contribution in [0.2, 0.25) is 0 Å². The summed E-state index contributed by atoms with van der Waals surface area (Å²) in [6.45, 7) is 11.2. The zero-order chi connectivity index (χ0) is 13.6. The normalized spacial score (nSPS) is 11.7. The molecule has 0 aromatic rings. The summed E-state index contributed by atoms with van der Waals surface area (Å²) in [4.78, 5) is 2.35. The average Bonchev–Trinajstić information content (AvgIpc) is 2.35. The van der Waals surface area contributed by atoms with E-state index in [1.807, 2.05) is 0 Å². The van der Waals surface area contributed by atoms with E-state index in [2.05, 4.69) is 32.7 Å². The molecule has 0 aromatic carbocycles. The minimum Gasteiger partial charge on any atom is -0.381 e. The van der Waals surface area contributed by atoms with E-state index >= 15 is 0 Å². The van der Waals surface area contributed by atoms with Gasteiger partial charge < -0.3 is 14.4 Å². The van der Waals surface area contributed by atoms with Gasteiger partial charge >= 0.3 is 0 Å². The van der Waals surface area contributed by atoms with Crippen molar-refractivity contribution in [2.45, 2.75) is 58.9 Å². The SMILES string of the molecule is CCCCCOCCCOCCCN(C)C(C)C. The molecule has 3 nitrogen and oxygen atoms in total. The molecule has 0 fully saturated rings. The highest BCUT2D eigenvalue weighted by molar-refractivity contribution is 4.55. The number of hydrogen-bond donors (Lipinski definition) is 0. The van der Waals surface area contributed by atoms with Crippen molar-refractivity contribution in [1.29, 1.82) is 0 Å². The lowest BCUT2D eigenvalue weighted by Gasteiger charge is -2.20. The average molecular weight is 259 g/mol. The Morgan fingerprint density at radius 1 is 0.833 bits per heavy atom. The Bertz CT molecular complexity index is 163. The third-order valence-electron chi connectivity index (χ3n) is 3.15. The predicted octanol–water partition coefficient (Wildman–Crippen LogP) is 3.33. The van der Waals surface area contributed by atoms with Crippen LogP contribution in [0.4, 0.5) is 0 Å². The summed E-state index contributed by atoms with van der Waals surface area (Å²) in [5.41, 5.74) is 0. The van der Waals surface area contributed by atoms with Gasteiger partial charge in [0.15, 0.2) is 0 Å². The Kier molecular flexibility index (Phi) is 13.2. The molecule has 0 saturated heterocycles. The molecular formula is C15H33NO2. The highest BCUT2D eigenvalue weighted by Gasteiger charge is 2.01. The molecular weight excluding hydrogens is 226 g/mol. The number of hydrogen-bond acceptors (Lipinski definition) is 3. The molecule has 0 unspecified atom stereocenters. The van der Waals surface area contributed by atoms with Crippen LogP contribution in [0.15, 0.2) is 0 Å². The first kappa shape index (κ1) is 17.9.